The van der Waals surface area contributed by atoms with Crippen molar-refractivity contribution < 1.29 is 23.8 Å². The first-order chi connectivity index (χ1) is 17.4. The van der Waals surface area contributed by atoms with Crippen LogP contribution in [-0.4, -0.2) is 32.6 Å². The molecule has 2 unspecified atom stereocenters. The number of methoxy groups -OCH3 is 2. The van der Waals surface area contributed by atoms with E-state index in [1.807, 2.05) is 56.3 Å². The normalized spacial score (nSPS) is 19.5. The number of dihydropyridines is 1. The fraction of sp³-hybridized carbons (Fsp3) is 0.400. The summed E-state index contributed by atoms with van der Waals surface area (Å²) in [5, 5.41) is 3.42. The summed E-state index contributed by atoms with van der Waals surface area (Å²) in [5.74, 6) is 0.530. The van der Waals surface area contributed by atoms with Crippen LogP contribution in [0.25, 0.3) is 0 Å². The van der Waals surface area contributed by atoms with Gasteiger partial charge in [-0.1, -0.05) is 43.7 Å². The summed E-state index contributed by atoms with van der Waals surface area (Å²) in [6.45, 7) is 6.35. The lowest BCUT2D eigenvalue weighted by molar-refractivity contribution is -0.139. The molecule has 4 rings (SSSR count). The van der Waals surface area contributed by atoms with Crippen LogP contribution in [0.1, 0.15) is 68.1 Å². The van der Waals surface area contributed by atoms with Crippen molar-refractivity contribution in [1.29, 1.82) is 0 Å². The summed E-state index contributed by atoms with van der Waals surface area (Å²) in [7, 11) is 3.22. The first-order valence-electron chi connectivity index (χ1n) is 12.6. The van der Waals surface area contributed by atoms with Gasteiger partial charge in [0, 0.05) is 29.3 Å². The molecule has 1 heterocycles. The summed E-state index contributed by atoms with van der Waals surface area (Å²) in [6.07, 6.45) is 2.76. The average molecular weight is 490 g/mol. The van der Waals surface area contributed by atoms with Crippen molar-refractivity contribution in [3.8, 4) is 11.5 Å². The van der Waals surface area contributed by atoms with Gasteiger partial charge in [-0.25, -0.2) is 4.79 Å². The Kier molecular flexibility index (Phi) is 7.82. The third kappa shape index (κ3) is 4.90. The minimum absolute atomic E-state index is 0.00747. The molecule has 0 bridgehead atoms. The van der Waals surface area contributed by atoms with Crippen molar-refractivity contribution in [2.45, 2.75) is 58.3 Å². The Hall–Kier alpha value is -3.54. The van der Waals surface area contributed by atoms with Gasteiger partial charge >= 0.3 is 5.97 Å². The molecular weight excluding hydrogens is 454 g/mol. The van der Waals surface area contributed by atoms with E-state index in [9.17, 15) is 9.59 Å². The number of Topliss-reactive ketones (excluding diaryl/α,β-unsaturated/α-hetero) is 1. The number of rotatable bonds is 8. The highest BCUT2D eigenvalue weighted by molar-refractivity contribution is 6.04. The molecule has 6 heteroatoms. The van der Waals surface area contributed by atoms with Crippen molar-refractivity contribution >= 4 is 11.8 Å². The predicted octanol–water partition coefficient (Wildman–Crippen LogP) is 5.72. The summed E-state index contributed by atoms with van der Waals surface area (Å²) in [4.78, 5) is 27.1. The Balaban J connectivity index is 1.75. The van der Waals surface area contributed by atoms with Gasteiger partial charge in [0.15, 0.2) is 17.3 Å². The minimum atomic E-state index is -0.449. The zero-order chi connectivity index (χ0) is 25.8. The number of esters is 1. The van der Waals surface area contributed by atoms with Crippen LogP contribution in [0.3, 0.4) is 0 Å². The van der Waals surface area contributed by atoms with Crippen LogP contribution in [0.15, 0.2) is 65.0 Å². The largest absolute Gasteiger partial charge is 0.493 e. The van der Waals surface area contributed by atoms with Gasteiger partial charge < -0.3 is 19.5 Å². The molecule has 1 aliphatic carbocycles. The third-order valence-electron chi connectivity index (χ3n) is 7.16. The smallest absolute Gasteiger partial charge is 0.336 e. The molecule has 36 heavy (non-hydrogen) atoms. The van der Waals surface area contributed by atoms with Crippen LogP contribution in [0, 0.1) is 6.92 Å². The van der Waals surface area contributed by atoms with E-state index in [4.69, 9.17) is 14.2 Å². The number of allylic oxidation sites excluding steroid dienone is 3. The fourth-order valence-electron chi connectivity index (χ4n) is 5.26. The lowest BCUT2D eigenvalue weighted by atomic mass is 9.71. The van der Waals surface area contributed by atoms with E-state index in [1.54, 1.807) is 14.2 Å². The van der Waals surface area contributed by atoms with E-state index < -0.39 is 5.92 Å². The number of unbranched alkanes of at least 4 members (excludes halogenated alkanes) is 1. The van der Waals surface area contributed by atoms with E-state index in [0.717, 1.165) is 40.9 Å². The molecule has 0 aromatic heterocycles. The van der Waals surface area contributed by atoms with Gasteiger partial charge in [-0.05, 0) is 61.4 Å². The molecule has 0 saturated heterocycles. The van der Waals surface area contributed by atoms with Crippen molar-refractivity contribution in [2.75, 3.05) is 20.8 Å². The first-order valence-corrected chi connectivity index (χ1v) is 12.6. The summed E-state index contributed by atoms with van der Waals surface area (Å²) in [5.41, 5.74) is 5.84. The van der Waals surface area contributed by atoms with Crippen LogP contribution in [0.4, 0.5) is 0 Å². The number of nitrogens with one attached hydrogen (secondary N) is 1. The highest BCUT2D eigenvalue weighted by Gasteiger charge is 2.42. The second kappa shape index (κ2) is 11.0. The number of aryl methyl sites for hydroxylation is 1. The molecule has 0 spiro atoms. The van der Waals surface area contributed by atoms with Crippen molar-refractivity contribution in [3.63, 3.8) is 0 Å². The Morgan fingerprint density at radius 1 is 1.03 bits per heavy atom. The Morgan fingerprint density at radius 2 is 1.78 bits per heavy atom. The Labute approximate surface area is 213 Å². The van der Waals surface area contributed by atoms with Gasteiger partial charge in [0.2, 0.25) is 0 Å². The Morgan fingerprint density at radius 3 is 2.47 bits per heavy atom. The first kappa shape index (κ1) is 25.5. The average Bonchev–Trinajstić information content (AvgIpc) is 2.87. The quantitative estimate of drug-likeness (QED) is 0.378. The van der Waals surface area contributed by atoms with E-state index in [-0.39, 0.29) is 17.7 Å². The molecule has 2 aromatic carbocycles. The van der Waals surface area contributed by atoms with Crippen LogP contribution < -0.4 is 14.8 Å². The topological polar surface area (TPSA) is 73.9 Å². The predicted molar refractivity (Wildman–Crippen MR) is 139 cm³/mol. The summed E-state index contributed by atoms with van der Waals surface area (Å²) in [6, 6.07) is 13.8. The second-order valence-electron chi connectivity index (χ2n) is 9.48. The molecule has 2 aliphatic rings. The summed E-state index contributed by atoms with van der Waals surface area (Å²) >= 11 is 0. The fourth-order valence-corrected chi connectivity index (χ4v) is 5.26. The number of carbonyl (C=O) groups is 2. The molecule has 1 aliphatic heterocycles. The van der Waals surface area contributed by atoms with Crippen LogP contribution in [0.5, 0.6) is 11.5 Å². The van der Waals surface area contributed by atoms with Gasteiger partial charge in [-0.3, -0.25) is 4.79 Å². The molecule has 190 valence electrons. The third-order valence-corrected chi connectivity index (χ3v) is 7.16. The van der Waals surface area contributed by atoms with E-state index in [1.165, 1.54) is 0 Å². The summed E-state index contributed by atoms with van der Waals surface area (Å²) < 4.78 is 16.5. The van der Waals surface area contributed by atoms with Gasteiger partial charge in [0.05, 0.1) is 26.4 Å². The number of ether oxygens (including phenoxy) is 3. The maximum Gasteiger partial charge on any atom is 0.336 e. The monoisotopic (exact) mass is 489 g/mol. The number of carbonyl (C=O) groups excluding carboxylic acids is 2. The lowest BCUT2D eigenvalue weighted by Gasteiger charge is -2.37. The zero-order valence-corrected chi connectivity index (χ0v) is 21.8. The highest BCUT2D eigenvalue weighted by Crippen LogP contribution is 2.47. The minimum Gasteiger partial charge on any atom is -0.493 e. The van der Waals surface area contributed by atoms with Gasteiger partial charge in [-0.2, -0.15) is 0 Å². The standard InChI is InChI=1S/C30H35NO5/c1-6-7-14-36-30(33)27-19(3)31-23-15-21(20-12-13-25(34-4)26(17-20)35-5)16-24(32)29(23)28(27)22-11-9-8-10-18(22)2/h8-13,17,21,28,31H,6-7,14-16H2,1-5H3. The zero-order valence-electron chi connectivity index (χ0n) is 21.8. The molecule has 1 N–H and O–H groups in total. The van der Waals surface area contributed by atoms with Crippen LogP contribution in [0.2, 0.25) is 0 Å². The molecule has 0 radical (unpaired) electrons. The van der Waals surface area contributed by atoms with Crippen molar-refractivity contribution in [3.05, 3.63) is 81.7 Å². The number of benzene rings is 2. The van der Waals surface area contributed by atoms with E-state index in [2.05, 4.69) is 12.2 Å². The number of hydrogen-bond acceptors (Lipinski definition) is 6. The van der Waals surface area contributed by atoms with Gasteiger partial charge in [-0.15, -0.1) is 0 Å². The molecule has 2 aromatic rings. The van der Waals surface area contributed by atoms with Gasteiger partial charge in [0.25, 0.3) is 0 Å². The maximum absolute atomic E-state index is 13.8. The molecule has 0 amide bonds. The Bertz CT molecular complexity index is 1230. The molecule has 0 fully saturated rings. The second-order valence-corrected chi connectivity index (χ2v) is 9.48. The van der Waals surface area contributed by atoms with E-state index in [0.29, 0.717) is 42.1 Å². The molecule has 0 saturated carbocycles. The van der Waals surface area contributed by atoms with Crippen molar-refractivity contribution in [2.24, 2.45) is 0 Å². The van der Waals surface area contributed by atoms with Crippen molar-refractivity contribution in [1.82, 2.24) is 5.32 Å². The molecular formula is C30H35NO5. The van der Waals surface area contributed by atoms with Gasteiger partial charge in [0.1, 0.15) is 0 Å². The number of ketones is 1. The van der Waals surface area contributed by atoms with Crippen LogP contribution in [-0.2, 0) is 14.3 Å². The highest BCUT2D eigenvalue weighted by atomic mass is 16.5. The lowest BCUT2D eigenvalue weighted by Crippen LogP contribution is -2.36. The SMILES string of the molecule is CCCCOC(=O)C1=C(C)NC2=C(C(=O)CC(c3ccc(OC)c(OC)c3)C2)C1c1ccccc1C. The molecule has 6 nitrogen and oxygen atoms in total. The van der Waals surface area contributed by atoms with E-state index >= 15 is 0 Å². The molecule has 2 atom stereocenters. The van der Waals surface area contributed by atoms with Crippen LogP contribution >= 0.6 is 0 Å². The number of hydrogen-bond donors (Lipinski definition) is 1. The maximum atomic E-state index is 13.8.